The zero-order chi connectivity index (χ0) is 17.6. The first-order valence-corrected chi connectivity index (χ1v) is 8.68. The van der Waals surface area contributed by atoms with Crippen molar-refractivity contribution in [2.24, 2.45) is 0 Å². The van der Waals surface area contributed by atoms with Gasteiger partial charge in [-0.15, -0.1) is 0 Å². The molecule has 1 aliphatic heterocycles. The molecule has 1 aromatic carbocycles. The Labute approximate surface area is 147 Å². The minimum Gasteiger partial charge on any atom is -0.385 e. The average Bonchev–Trinajstić information content (AvgIpc) is 2.86. The summed E-state index contributed by atoms with van der Waals surface area (Å²) in [6.07, 6.45) is 5.41. The maximum atomic E-state index is 11.3. The van der Waals surface area contributed by atoms with Crippen LogP contribution in [0, 0.1) is 10.1 Å². The van der Waals surface area contributed by atoms with Gasteiger partial charge in [0.25, 0.3) is 5.69 Å². The van der Waals surface area contributed by atoms with Crippen molar-refractivity contribution in [2.45, 2.75) is 12.8 Å². The third kappa shape index (κ3) is 4.05. The Kier molecular flexibility index (Phi) is 5.78. The molecule has 0 spiro atoms. The molecule has 1 fully saturated rings. The van der Waals surface area contributed by atoms with Crippen LogP contribution in [0.1, 0.15) is 12.8 Å². The van der Waals surface area contributed by atoms with Crippen molar-refractivity contribution < 1.29 is 9.66 Å². The van der Waals surface area contributed by atoms with Gasteiger partial charge in [-0.1, -0.05) is 0 Å². The van der Waals surface area contributed by atoms with Gasteiger partial charge in [0.05, 0.1) is 10.3 Å². The molecule has 1 saturated heterocycles. The van der Waals surface area contributed by atoms with E-state index in [2.05, 4.69) is 14.8 Å². The molecule has 0 amide bonds. The standard InChI is InChI=1S/C18H24N4O3/c1-25-13-3-9-20-8-2-10-21(12-11-20)17-4-5-18(22(23)24)16-14-19-7-6-15(16)17/h4-7,14H,2-3,8-13H2,1H3. The van der Waals surface area contributed by atoms with Crippen LogP contribution in [-0.2, 0) is 4.74 Å². The van der Waals surface area contributed by atoms with Gasteiger partial charge in [0.1, 0.15) is 0 Å². The van der Waals surface area contributed by atoms with Crippen LogP contribution in [0.25, 0.3) is 10.8 Å². The SMILES string of the molecule is COCCCN1CCCN(c2ccc([N+](=O)[O-])c3cnccc23)CC1. The summed E-state index contributed by atoms with van der Waals surface area (Å²) in [6, 6.07) is 5.35. The van der Waals surface area contributed by atoms with Crippen molar-refractivity contribution in [1.82, 2.24) is 9.88 Å². The lowest BCUT2D eigenvalue weighted by molar-refractivity contribution is -0.383. The number of anilines is 1. The normalized spacial score (nSPS) is 16.1. The predicted molar refractivity (Wildman–Crippen MR) is 98.2 cm³/mol. The summed E-state index contributed by atoms with van der Waals surface area (Å²) in [7, 11) is 1.73. The molecule has 134 valence electrons. The number of benzene rings is 1. The quantitative estimate of drug-likeness (QED) is 0.456. The molecule has 0 aliphatic carbocycles. The molecular formula is C18H24N4O3. The molecule has 0 atom stereocenters. The van der Waals surface area contributed by atoms with Crippen molar-refractivity contribution >= 4 is 22.1 Å². The number of non-ortho nitro benzene ring substituents is 1. The molecule has 1 aromatic heterocycles. The van der Waals surface area contributed by atoms with Crippen molar-refractivity contribution in [1.29, 1.82) is 0 Å². The Bertz CT molecular complexity index is 737. The summed E-state index contributed by atoms with van der Waals surface area (Å²) < 4.78 is 5.14. The van der Waals surface area contributed by atoms with Crippen LogP contribution in [0.5, 0.6) is 0 Å². The molecule has 0 saturated carbocycles. The molecule has 25 heavy (non-hydrogen) atoms. The molecule has 0 bridgehead atoms. The van der Waals surface area contributed by atoms with Gasteiger partial charge in [0, 0.05) is 69.4 Å². The average molecular weight is 344 g/mol. The van der Waals surface area contributed by atoms with Crippen molar-refractivity contribution in [3.63, 3.8) is 0 Å². The van der Waals surface area contributed by atoms with E-state index in [1.807, 2.05) is 12.1 Å². The van der Waals surface area contributed by atoms with E-state index in [0.29, 0.717) is 5.39 Å². The summed E-state index contributed by atoms with van der Waals surface area (Å²) in [5.41, 5.74) is 1.17. The van der Waals surface area contributed by atoms with Gasteiger partial charge in [-0.2, -0.15) is 0 Å². The minimum absolute atomic E-state index is 0.114. The van der Waals surface area contributed by atoms with Crippen LogP contribution in [0.2, 0.25) is 0 Å². The molecule has 1 aliphatic rings. The number of hydrogen-bond acceptors (Lipinski definition) is 6. The number of methoxy groups -OCH3 is 1. The van der Waals surface area contributed by atoms with Gasteiger partial charge in [0.2, 0.25) is 0 Å². The van der Waals surface area contributed by atoms with E-state index in [4.69, 9.17) is 4.74 Å². The van der Waals surface area contributed by atoms with E-state index in [1.54, 1.807) is 25.6 Å². The van der Waals surface area contributed by atoms with E-state index in [-0.39, 0.29) is 10.6 Å². The Morgan fingerprint density at radius 1 is 1.20 bits per heavy atom. The lowest BCUT2D eigenvalue weighted by Gasteiger charge is -2.25. The molecule has 0 N–H and O–H groups in total. The van der Waals surface area contributed by atoms with E-state index in [0.717, 1.165) is 63.2 Å². The fourth-order valence-corrected chi connectivity index (χ4v) is 3.46. The van der Waals surface area contributed by atoms with Crippen molar-refractivity contribution in [2.75, 3.05) is 51.3 Å². The van der Waals surface area contributed by atoms with Gasteiger partial charge in [-0.05, 0) is 31.5 Å². The molecule has 7 nitrogen and oxygen atoms in total. The Morgan fingerprint density at radius 2 is 2.08 bits per heavy atom. The van der Waals surface area contributed by atoms with Crippen LogP contribution in [0.3, 0.4) is 0 Å². The molecule has 7 heteroatoms. The number of rotatable bonds is 6. The van der Waals surface area contributed by atoms with Gasteiger partial charge in [-0.25, -0.2) is 0 Å². The number of nitro benzene ring substituents is 1. The first-order valence-electron chi connectivity index (χ1n) is 8.68. The molecule has 3 rings (SSSR count). The van der Waals surface area contributed by atoms with E-state index < -0.39 is 0 Å². The number of pyridine rings is 1. The second kappa shape index (κ2) is 8.22. The topological polar surface area (TPSA) is 71.7 Å². The summed E-state index contributed by atoms with van der Waals surface area (Å²) >= 11 is 0. The lowest BCUT2D eigenvalue weighted by Crippen LogP contribution is -2.31. The number of hydrogen-bond donors (Lipinski definition) is 0. The smallest absolute Gasteiger partial charge is 0.278 e. The number of nitrogens with zero attached hydrogens (tertiary/aromatic N) is 4. The molecule has 0 unspecified atom stereocenters. The van der Waals surface area contributed by atoms with E-state index in [9.17, 15) is 10.1 Å². The predicted octanol–water partition coefficient (Wildman–Crippen LogP) is 2.69. The molecule has 2 aromatic rings. The summed E-state index contributed by atoms with van der Waals surface area (Å²) in [5.74, 6) is 0. The third-order valence-corrected chi connectivity index (χ3v) is 4.72. The second-order valence-corrected chi connectivity index (χ2v) is 6.31. The largest absolute Gasteiger partial charge is 0.385 e. The maximum Gasteiger partial charge on any atom is 0.278 e. The first kappa shape index (κ1) is 17.6. The van der Waals surface area contributed by atoms with Crippen LogP contribution in [0.4, 0.5) is 11.4 Å². The van der Waals surface area contributed by atoms with Crippen LogP contribution in [-0.4, -0.2) is 61.2 Å². The molecular weight excluding hydrogens is 320 g/mol. The van der Waals surface area contributed by atoms with Gasteiger partial charge >= 0.3 is 0 Å². The van der Waals surface area contributed by atoms with Gasteiger partial charge < -0.3 is 14.5 Å². The number of aromatic nitrogens is 1. The number of ether oxygens (including phenoxy) is 1. The molecule has 2 heterocycles. The summed E-state index contributed by atoms with van der Waals surface area (Å²) in [6.45, 7) is 5.78. The Balaban J connectivity index is 1.80. The maximum absolute atomic E-state index is 11.3. The zero-order valence-electron chi connectivity index (χ0n) is 14.6. The van der Waals surface area contributed by atoms with Gasteiger partial charge in [0.15, 0.2) is 0 Å². The lowest BCUT2D eigenvalue weighted by atomic mass is 10.1. The highest BCUT2D eigenvalue weighted by Crippen LogP contribution is 2.33. The highest BCUT2D eigenvalue weighted by molar-refractivity contribution is 5.99. The fourth-order valence-electron chi connectivity index (χ4n) is 3.46. The summed E-state index contributed by atoms with van der Waals surface area (Å²) in [5, 5.41) is 12.8. The Hall–Kier alpha value is -2.25. The second-order valence-electron chi connectivity index (χ2n) is 6.31. The zero-order valence-corrected chi connectivity index (χ0v) is 14.6. The highest BCUT2D eigenvalue weighted by Gasteiger charge is 2.20. The third-order valence-electron chi connectivity index (χ3n) is 4.72. The number of nitro groups is 1. The first-order chi connectivity index (χ1) is 12.2. The van der Waals surface area contributed by atoms with Crippen molar-refractivity contribution in [3.8, 4) is 0 Å². The molecule has 0 radical (unpaired) electrons. The van der Waals surface area contributed by atoms with Crippen molar-refractivity contribution in [3.05, 3.63) is 40.7 Å². The highest BCUT2D eigenvalue weighted by atomic mass is 16.6. The monoisotopic (exact) mass is 344 g/mol. The fraction of sp³-hybridized carbons (Fsp3) is 0.500. The minimum atomic E-state index is -0.340. The number of fused-ring (bicyclic) bond motifs is 1. The van der Waals surface area contributed by atoms with E-state index >= 15 is 0 Å². The van der Waals surface area contributed by atoms with Crippen LogP contribution < -0.4 is 4.90 Å². The van der Waals surface area contributed by atoms with Crippen LogP contribution in [0.15, 0.2) is 30.6 Å². The summed E-state index contributed by atoms with van der Waals surface area (Å²) in [4.78, 5) is 19.8. The Morgan fingerprint density at radius 3 is 2.88 bits per heavy atom. The van der Waals surface area contributed by atoms with Crippen LogP contribution >= 0.6 is 0 Å². The van der Waals surface area contributed by atoms with Gasteiger partial charge in [-0.3, -0.25) is 15.1 Å². The van der Waals surface area contributed by atoms with E-state index in [1.165, 1.54) is 0 Å².